The van der Waals surface area contributed by atoms with E-state index in [9.17, 15) is 4.79 Å². The van der Waals surface area contributed by atoms with Crippen LogP contribution in [-0.2, 0) is 19.5 Å². The average Bonchev–Trinajstić information content (AvgIpc) is 2.68. The first-order chi connectivity index (χ1) is 12.6. The summed E-state index contributed by atoms with van der Waals surface area (Å²) < 4.78 is 0. The fourth-order valence-electron chi connectivity index (χ4n) is 3.28. The molecule has 0 saturated carbocycles. The Morgan fingerprint density at radius 1 is 0.962 bits per heavy atom. The van der Waals surface area contributed by atoms with Crippen LogP contribution in [0.2, 0.25) is 0 Å². The van der Waals surface area contributed by atoms with E-state index in [4.69, 9.17) is 0 Å². The molecule has 26 heavy (non-hydrogen) atoms. The van der Waals surface area contributed by atoms with Gasteiger partial charge in [-0.25, -0.2) is 0 Å². The lowest BCUT2D eigenvalue weighted by Gasteiger charge is -2.32. The molecule has 3 rings (SSSR count). The van der Waals surface area contributed by atoms with Gasteiger partial charge in [0, 0.05) is 44.8 Å². The van der Waals surface area contributed by atoms with Gasteiger partial charge in [0.25, 0.3) is 5.91 Å². The molecule has 1 amide bonds. The molecule has 1 aliphatic heterocycles. The standard InChI is InChI=1S/C22H29N3O/c1-3-18-7-9-21(10-8-18)22(26)23-16-19-5-4-6-20(15-19)17-25-13-11-24(2)12-14-25/h4-10,15H,3,11-14,16-17H2,1-2H3,(H,23,26). The fraction of sp³-hybridized carbons (Fsp3) is 0.409. The summed E-state index contributed by atoms with van der Waals surface area (Å²) in [6.45, 7) is 8.15. The Labute approximate surface area is 156 Å². The highest BCUT2D eigenvalue weighted by Gasteiger charge is 2.14. The van der Waals surface area contributed by atoms with Gasteiger partial charge in [-0.2, -0.15) is 0 Å². The lowest BCUT2D eigenvalue weighted by molar-refractivity contribution is 0.0951. The molecular formula is C22H29N3O. The molecule has 2 aromatic carbocycles. The second-order valence-corrected chi connectivity index (χ2v) is 7.13. The predicted molar refractivity (Wildman–Crippen MR) is 106 cm³/mol. The van der Waals surface area contributed by atoms with E-state index in [1.807, 2.05) is 24.3 Å². The molecule has 2 aromatic rings. The Morgan fingerprint density at radius 3 is 2.35 bits per heavy atom. The second-order valence-electron chi connectivity index (χ2n) is 7.13. The SMILES string of the molecule is CCc1ccc(C(=O)NCc2cccc(CN3CCN(C)CC3)c2)cc1. The number of hydrogen-bond donors (Lipinski definition) is 1. The van der Waals surface area contributed by atoms with Crippen molar-refractivity contribution in [1.82, 2.24) is 15.1 Å². The minimum atomic E-state index is -0.0166. The second kappa shape index (κ2) is 8.97. The Balaban J connectivity index is 1.53. The van der Waals surface area contributed by atoms with Crippen LogP contribution in [0.25, 0.3) is 0 Å². The molecule has 1 fully saturated rings. The summed E-state index contributed by atoms with van der Waals surface area (Å²) in [6, 6.07) is 16.4. The minimum Gasteiger partial charge on any atom is -0.348 e. The minimum absolute atomic E-state index is 0.0166. The number of likely N-dealkylation sites (N-methyl/N-ethyl adjacent to an activating group) is 1. The van der Waals surface area contributed by atoms with E-state index in [2.05, 4.69) is 53.4 Å². The third kappa shape index (κ3) is 5.16. The highest BCUT2D eigenvalue weighted by Crippen LogP contribution is 2.11. The molecule has 0 bridgehead atoms. The van der Waals surface area contributed by atoms with E-state index in [1.54, 1.807) is 0 Å². The molecule has 1 aliphatic rings. The van der Waals surface area contributed by atoms with Crippen LogP contribution in [0.15, 0.2) is 48.5 Å². The van der Waals surface area contributed by atoms with E-state index in [0.29, 0.717) is 6.54 Å². The molecule has 0 unspecified atom stereocenters. The Morgan fingerprint density at radius 2 is 1.65 bits per heavy atom. The van der Waals surface area contributed by atoms with Crippen molar-refractivity contribution in [2.75, 3.05) is 33.2 Å². The average molecular weight is 351 g/mol. The maximum Gasteiger partial charge on any atom is 0.251 e. The summed E-state index contributed by atoms with van der Waals surface area (Å²) in [5.41, 5.74) is 4.43. The Hall–Kier alpha value is -2.17. The van der Waals surface area contributed by atoms with Crippen LogP contribution >= 0.6 is 0 Å². The van der Waals surface area contributed by atoms with Crippen molar-refractivity contribution in [3.8, 4) is 0 Å². The molecule has 4 nitrogen and oxygen atoms in total. The summed E-state index contributed by atoms with van der Waals surface area (Å²) in [7, 11) is 2.18. The number of aryl methyl sites for hydroxylation is 1. The van der Waals surface area contributed by atoms with Crippen molar-refractivity contribution in [2.24, 2.45) is 0 Å². The van der Waals surface area contributed by atoms with E-state index >= 15 is 0 Å². The molecule has 0 radical (unpaired) electrons. The fourth-order valence-corrected chi connectivity index (χ4v) is 3.28. The third-order valence-electron chi connectivity index (χ3n) is 5.07. The van der Waals surface area contributed by atoms with Gasteiger partial charge in [0.05, 0.1) is 0 Å². The van der Waals surface area contributed by atoms with Crippen LogP contribution < -0.4 is 5.32 Å². The zero-order chi connectivity index (χ0) is 18.4. The number of hydrogen-bond acceptors (Lipinski definition) is 3. The summed E-state index contributed by atoms with van der Waals surface area (Å²) in [5.74, 6) is -0.0166. The van der Waals surface area contributed by atoms with Crippen LogP contribution in [0.4, 0.5) is 0 Å². The van der Waals surface area contributed by atoms with Crippen molar-refractivity contribution in [2.45, 2.75) is 26.4 Å². The lowest BCUT2D eigenvalue weighted by atomic mass is 10.1. The number of carbonyl (C=O) groups excluding carboxylic acids is 1. The molecule has 0 atom stereocenters. The molecule has 0 aliphatic carbocycles. The smallest absolute Gasteiger partial charge is 0.251 e. The van der Waals surface area contributed by atoms with E-state index in [0.717, 1.165) is 50.3 Å². The van der Waals surface area contributed by atoms with E-state index < -0.39 is 0 Å². The number of piperazine rings is 1. The molecule has 0 aromatic heterocycles. The summed E-state index contributed by atoms with van der Waals surface area (Å²) in [6.07, 6.45) is 0.988. The zero-order valence-corrected chi connectivity index (χ0v) is 15.9. The van der Waals surface area contributed by atoms with Gasteiger partial charge in [0.1, 0.15) is 0 Å². The van der Waals surface area contributed by atoms with Gasteiger partial charge >= 0.3 is 0 Å². The molecule has 1 N–H and O–H groups in total. The molecule has 1 heterocycles. The molecule has 4 heteroatoms. The van der Waals surface area contributed by atoms with Crippen LogP contribution in [0.3, 0.4) is 0 Å². The first-order valence-electron chi connectivity index (χ1n) is 9.50. The number of nitrogens with zero attached hydrogens (tertiary/aromatic N) is 2. The van der Waals surface area contributed by atoms with E-state index in [-0.39, 0.29) is 5.91 Å². The lowest BCUT2D eigenvalue weighted by Crippen LogP contribution is -2.43. The number of nitrogens with one attached hydrogen (secondary N) is 1. The molecule has 1 saturated heterocycles. The first kappa shape index (κ1) is 18.6. The maximum absolute atomic E-state index is 12.3. The number of amides is 1. The summed E-state index contributed by atoms with van der Waals surface area (Å²) >= 11 is 0. The van der Waals surface area contributed by atoms with Gasteiger partial charge in [-0.05, 0) is 42.3 Å². The van der Waals surface area contributed by atoms with Gasteiger partial charge in [0.2, 0.25) is 0 Å². The molecule has 0 spiro atoms. The highest BCUT2D eigenvalue weighted by atomic mass is 16.1. The van der Waals surface area contributed by atoms with Gasteiger partial charge in [-0.1, -0.05) is 43.3 Å². The van der Waals surface area contributed by atoms with Gasteiger partial charge < -0.3 is 10.2 Å². The Bertz CT molecular complexity index is 718. The van der Waals surface area contributed by atoms with Gasteiger partial charge in [0.15, 0.2) is 0 Å². The monoisotopic (exact) mass is 351 g/mol. The van der Waals surface area contributed by atoms with Crippen molar-refractivity contribution in [3.63, 3.8) is 0 Å². The van der Waals surface area contributed by atoms with Crippen molar-refractivity contribution in [3.05, 3.63) is 70.8 Å². The number of benzene rings is 2. The topological polar surface area (TPSA) is 35.6 Å². The van der Waals surface area contributed by atoms with E-state index in [1.165, 1.54) is 11.1 Å². The van der Waals surface area contributed by atoms with Crippen molar-refractivity contribution < 1.29 is 4.79 Å². The zero-order valence-electron chi connectivity index (χ0n) is 15.9. The number of rotatable bonds is 6. The molecule has 138 valence electrons. The Kier molecular flexibility index (Phi) is 6.42. The van der Waals surface area contributed by atoms with Crippen molar-refractivity contribution in [1.29, 1.82) is 0 Å². The number of carbonyl (C=O) groups is 1. The predicted octanol–water partition coefficient (Wildman–Crippen LogP) is 2.93. The van der Waals surface area contributed by atoms with Crippen molar-refractivity contribution >= 4 is 5.91 Å². The molecular weight excluding hydrogens is 322 g/mol. The third-order valence-corrected chi connectivity index (χ3v) is 5.07. The van der Waals surface area contributed by atoms with Crippen LogP contribution in [0.1, 0.15) is 34.0 Å². The maximum atomic E-state index is 12.3. The van der Waals surface area contributed by atoms with Crippen LogP contribution in [0, 0.1) is 0 Å². The largest absolute Gasteiger partial charge is 0.348 e. The van der Waals surface area contributed by atoms with Gasteiger partial charge in [-0.15, -0.1) is 0 Å². The quantitative estimate of drug-likeness (QED) is 0.869. The normalized spacial score (nSPS) is 15.8. The first-order valence-corrected chi connectivity index (χ1v) is 9.50. The van der Waals surface area contributed by atoms with Gasteiger partial charge in [-0.3, -0.25) is 9.69 Å². The highest BCUT2D eigenvalue weighted by molar-refractivity contribution is 5.94. The summed E-state index contributed by atoms with van der Waals surface area (Å²) in [4.78, 5) is 17.2. The van der Waals surface area contributed by atoms with Crippen LogP contribution in [0.5, 0.6) is 0 Å². The summed E-state index contributed by atoms with van der Waals surface area (Å²) in [5, 5.41) is 3.03. The van der Waals surface area contributed by atoms with Crippen LogP contribution in [-0.4, -0.2) is 48.9 Å².